The zero-order chi connectivity index (χ0) is 13.9. The lowest BCUT2D eigenvalue weighted by Crippen LogP contribution is -2.10. The SMILES string of the molecule is CS(=O)(=O)Nc1ccc(NCc2ccn[nH]2)cc1Cl. The highest BCUT2D eigenvalue weighted by atomic mass is 35.5. The molecule has 0 bridgehead atoms. The van der Waals surface area contributed by atoms with Crippen LogP contribution in [0.3, 0.4) is 0 Å². The molecule has 0 saturated heterocycles. The Balaban J connectivity index is 2.06. The molecule has 3 N–H and O–H groups in total. The number of hydrogen-bond donors (Lipinski definition) is 3. The maximum Gasteiger partial charge on any atom is 0.229 e. The molecule has 19 heavy (non-hydrogen) atoms. The van der Waals surface area contributed by atoms with Gasteiger partial charge in [0.05, 0.1) is 29.2 Å². The average molecular weight is 301 g/mol. The van der Waals surface area contributed by atoms with Crippen LogP contribution in [0.2, 0.25) is 5.02 Å². The molecule has 0 atom stereocenters. The monoisotopic (exact) mass is 300 g/mol. The Morgan fingerprint density at radius 1 is 1.37 bits per heavy atom. The van der Waals surface area contributed by atoms with E-state index in [2.05, 4.69) is 20.2 Å². The summed E-state index contributed by atoms with van der Waals surface area (Å²) in [6.07, 6.45) is 2.75. The molecule has 2 rings (SSSR count). The van der Waals surface area contributed by atoms with E-state index in [0.717, 1.165) is 17.6 Å². The van der Waals surface area contributed by atoms with Crippen LogP contribution < -0.4 is 10.0 Å². The normalized spacial score (nSPS) is 11.3. The molecule has 8 heteroatoms. The van der Waals surface area contributed by atoms with Crippen LogP contribution in [0.25, 0.3) is 0 Å². The van der Waals surface area contributed by atoms with E-state index in [1.165, 1.54) is 0 Å². The number of aromatic amines is 1. The van der Waals surface area contributed by atoms with E-state index in [1.807, 2.05) is 6.07 Å². The number of hydrogen-bond acceptors (Lipinski definition) is 4. The predicted octanol–water partition coefficient (Wildman–Crippen LogP) is 2.05. The first kappa shape index (κ1) is 13.7. The topological polar surface area (TPSA) is 86.9 Å². The molecule has 0 amide bonds. The second kappa shape index (κ2) is 5.50. The van der Waals surface area contributed by atoms with Gasteiger partial charge in [-0.15, -0.1) is 0 Å². The van der Waals surface area contributed by atoms with Crippen LogP contribution in [-0.4, -0.2) is 24.9 Å². The number of benzene rings is 1. The van der Waals surface area contributed by atoms with Gasteiger partial charge >= 0.3 is 0 Å². The van der Waals surface area contributed by atoms with Crippen molar-refractivity contribution in [3.8, 4) is 0 Å². The quantitative estimate of drug-likeness (QED) is 0.788. The average Bonchev–Trinajstić information content (AvgIpc) is 2.81. The Bertz CT molecular complexity index is 655. The van der Waals surface area contributed by atoms with E-state index < -0.39 is 10.0 Å². The molecule has 102 valence electrons. The maximum atomic E-state index is 11.1. The lowest BCUT2D eigenvalue weighted by atomic mass is 10.3. The van der Waals surface area contributed by atoms with Gasteiger partial charge in [-0.25, -0.2) is 8.42 Å². The summed E-state index contributed by atoms with van der Waals surface area (Å²) in [5.41, 5.74) is 2.09. The number of H-pyrrole nitrogens is 1. The summed E-state index contributed by atoms with van der Waals surface area (Å²) in [5, 5.41) is 10.1. The van der Waals surface area contributed by atoms with Crippen molar-refractivity contribution in [1.82, 2.24) is 10.2 Å². The maximum absolute atomic E-state index is 11.1. The standard InChI is InChI=1S/C11H13ClN4O2S/c1-19(17,18)16-11-3-2-8(6-10(11)12)13-7-9-4-5-14-15-9/h2-6,13,16H,7H2,1H3,(H,14,15). The van der Waals surface area contributed by atoms with Crippen LogP contribution >= 0.6 is 11.6 Å². The van der Waals surface area contributed by atoms with E-state index in [1.54, 1.807) is 24.4 Å². The minimum absolute atomic E-state index is 0.333. The lowest BCUT2D eigenvalue weighted by molar-refractivity contribution is 0.607. The van der Waals surface area contributed by atoms with Crippen LogP contribution in [0.1, 0.15) is 5.69 Å². The fourth-order valence-electron chi connectivity index (χ4n) is 1.49. The van der Waals surface area contributed by atoms with Crippen LogP contribution in [0.4, 0.5) is 11.4 Å². The molecular weight excluding hydrogens is 288 g/mol. The first-order chi connectivity index (χ1) is 8.94. The number of rotatable bonds is 5. The van der Waals surface area contributed by atoms with Crippen molar-refractivity contribution >= 4 is 33.0 Å². The molecular formula is C11H13ClN4O2S. The molecule has 2 aromatic rings. The van der Waals surface area contributed by atoms with E-state index >= 15 is 0 Å². The van der Waals surface area contributed by atoms with E-state index in [9.17, 15) is 8.42 Å². The summed E-state index contributed by atoms with van der Waals surface area (Å²) in [5.74, 6) is 0. The third kappa shape index (κ3) is 4.15. The van der Waals surface area contributed by atoms with Crippen molar-refractivity contribution in [3.63, 3.8) is 0 Å². The third-order valence-electron chi connectivity index (χ3n) is 2.31. The van der Waals surface area contributed by atoms with Gasteiger partial charge in [-0.05, 0) is 24.3 Å². The zero-order valence-corrected chi connectivity index (χ0v) is 11.7. The highest BCUT2D eigenvalue weighted by molar-refractivity contribution is 7.92. The number of anilines is 2. The number of aromatic nitrogens is 2. The van der Waals surface area contributed by atoms with Gasteiger partial charge in [-0.3, -0.25) is 9.82 Å². The molecule has 1 aromatic heterocycles. The third-order valence-corrected chi connectivity index (χ3v) is 3.21. The van der Waals surface area contributed by atoms with Gasteiger partial charge < -0.3 is 5.32 Å². The van der Waals surface area contributed by atoms with Gasteiger partial charge in [0.25, 0.3) is 0 Å². The molecule has 0 fully saturated rings. The highest BCUT2D eigenvalue weighted by Crippen LogP contribution is 2.26. The van der Waals surface area contributed by atoms with Crippen molar-refractivity contribution < 1.29 is 8.42 Å². The van der Waals surface area contributed by atoms with E-state index in [-0.39, 0.29) is 0 Å². The van der Waals surface area contributed by atoms with Crippen molar-refractivity contribution in [2.24, 2.45) is 0 Å². The molecule has 1 heterocycles. The number of sulfonamides is 1. The zero-order valence-electron chi connectivity index (χ0n) is 10.1. The Hall–Kier alpha value is -1.73. The van der Waals surface area contributed by atoms with Crippen molar-refractivity contribution in [2.75, 3.05) is 16.3 Å². The molecule has 0 saturated carbocycles. The van der Waals surface area contributed by atoms with Crippen LogP contribution in [0.15, 0.2) is 30.5 Å². The van der Waals surface area contributed by atoms with Gasteiger partial charge in [0.1, 0.15) is 0 Å². The Labute approximate surface area is 116 Å². The molecule has 0 spiro atoms. The van der Waals surface area contributed by atoms with Gasteiger partial charge in [-0.2, -0.15) is 5.10 Å². The summed E-state index contributed by atoms with van der Waals surface area (Å²) in [4.78, 5) is 0. The van der Waals surface area contributed by atoms with Crippen molar-refractivity contribution in [2.45, 2.75) is 6.54 Å². The summed E-state index contributed by atoms with van der Waals surface area (Å²) in [7, 11) is -3.33. The molecule has 0 unspecified atom stereocenters. The fourth-order valence-corrected chi connectivity index (χ4v) is 2.35. The molecule has 0 aliphatic heterocycles. The summed E-state index contributed by atoms with van der Waals surface area (Å²) in [6.45, 7) is 0.579. The minimum Gasteiger partial charge on any atom is -0.379 e. The van der Waals surface area contributed by atoms with Gasteiger partial charge in [0.2, 0.25) is 10.0 Å². The van der Waals surface area contributed by atoms with Crippen molar-refractivity contribution in [3.05, 3.63) is 41.2 Å². The second-order valence-corrected chi connectivity index (χ2v) is 6.16. The summed E-state index contributed by atoms with van der Waals surface area (Å²) in [6, 6.07) is 6.87. The Morgan fingerprint density at radius 2 is 2.16 bits per heavy atom. The van der Waals surface area contributed by atoms with Crippen LogP contribution in [0, 0.1) is 0 Å². The van der Waals surface area contributed by atoms with E-state index in [0.29, 0.717) is 17.3 Å². The first-order valence-electron chi connectivity index (χ1n) is 5.43. The molecule has 0 radical (unpaired) electrons. The van der Waals surface area contributed by atoms with E-state index in [4.69, 9.17) is 11.6 Å². The molecule has 6 nitrogen and oxygen atoms in total. The molecule has 0 aliphatic rings. The predicted molar refractivity (Wildman–Crippen MR) is 75.8 cm³/mol. The Morgan fingerprint density at radius 3 is 2.74 bits per heavy atom. The minimum atomic E-state index is -3.33. The molecule has 0 aliphatic carbocycles. The van der Waals surface area contributed by atoms with Crippen LogP contribution in [0.5, 0.6) is 0 Å². The first-order valence-corrected chi connectivity index (χ1v) is 7.70. The van der Waals surface area contributed by atoms with Gasteiger partial charge in [0, 0.05) is 11.9 Å². The van der Waals surface area contributed by atoms with Crippen molar-refractivity contribution in [1.29, 1.82) is 0 Å². The smallest absolute Gasteiger partial charge is 0.229 e. The second-order valence-electron chi connectivity index (χ2n) is 4.00. The van der Waals surface area contributed by atoms with Gasteiger partial charge in [-0.1, -0.05) is 11.6 Å². The summed E-state index contributed by atoms with van der Waals surface area (Å²) >= 11 is 6.01. The summed E-state index contributed by atoms with van der Waals surface area (Å²) < 4.78 is 24.6. The largest absolute Gasteiger partial charge is 0.379 e. The number of nitrogens with zero attached hydrogens (tertiary/aromatic N) is 1. The fraction of sp³-hybridized carbons (Fsp3) is 0.182. The number of nitrogens with one attached hydrogen (secondary N) is 3. The number of halogens is 1. The van der Waals surface area contributed by atoms with Gasteiger partial charge in [0.15, 0.2) is 0 Å². The highest BCUT2D eigenvalue weighted by Gasteiger charge is 2.07. The molecule has 1 aromatic carbocycles. The Kier molecular flexibility index (Phi) is 3.96. The lowest BCUT2D eigenvalue weighted by Gasteiger charge is -2.09. The van der Waals surface area contributed by atoms with Crippen LogP contribution in [-0.2, 0) is 16.6 Å².